The zero-order valence-corrected chi connectivity index (χ0v) is 22.3. The Morgan fingerprint density at radius 1 is 1.14 bits per heavy atom. The van der Waals surface area contributed by atoms with Crippen LogP contribution in [0.1, 0.15) is 52.3 Å². The molecule has 4 rings (SSSR count). The highest BCUT2D eigenvalue weighted by Crippen LogP contribution is 2.26. The highest BCUT2D eigenvalue weighted by Gasteiger charge is 2.29. The van der Waals surface area contributed by atoms with Crippen LogP contribution in [0.15, 0.2) is 16.9 Å². The van der Waals surface area contributed by atoms with Crippen molar-refractivity contribution < 1.29 is 18.7 Å². The topological polar surface area (TPSA) is 87.8 Å². The van der Waals surface area contributed by atoms with Gasteiger partial charge in [0, 0.05) is 37.5 Å². The number of thiol groups is 1. The summed E-state index contributed by atoms with van der Waals surface area (Å²) in [5, 5.41) is -0.0573. The molecule has 3 heterocycles. The molecule has 198 valence electrons. The van der Waals surface area contributed by atoms with E-state index in [0.29, 0.717) is 30.0 Å². The molecule has 1 amide bonds. The Hall–Kier alpha value is -2.33. The average molecular weight is 521 g/mol. The van der Waals surface area contributed by atoms with E-state index in [4.69, 9.17) is 9.47 Å². The summed E-state index contributed by atoms with van der Waals surface area (Å²) >= 11 is 4.14. The maximum absolute atomic E-state index is 14.5. The van der Waals surface area contributed by atoms with E-state index in [1.165, 1.54) is 6.07 Å². The molecular formula is C26H37FN4O4S. The van der Waals surface area contributed by atoms with Gasteiger partial charge in [-0.1, -0.05) is 0 Å². The lowest BCUT2D eigenvalue weighted by atomic mass is 9.93. The Morgan fingerprint density at radius 2 is 1.81 bits per heavy atom. The number of carbonyl (C=O) groups is 1. The fraction of sp³-hybridized carbons (Fsp3) is 0.654. The molecule has 1 aromatic carbocycles. The fourth-order valence-corrected chi connectivity index (χ4v) is 5.10. The van der Waals surface area contributed by atoms with Crippen LogP contribution in [0.2, 0.25) is 0 Å². The number of piperidine rings is 2. The number of carbonyl (C=O) groups excluding carboxylic acids is 1. The number of aromatic nitrogens is 2. The Labute approximate surface area is 217 Å². The molecule has 0 radical (unpaired) electrons. The highest BCUT2D eigenvalue weighted by atomic mass is 32.1. The first-order valence-electron chi connectivity index (χ1n) is 12.8. The summed E-state index contributed by atoms with van der Waals surface area (Å²) in [6.45, 7) is 10.8. The third-order valence-electron chi connectivity index (χ3n) is 6.91. The zero-order chi connectivity index (χ0) is 25.9. The van der Waals surface area contributed by atoms with Crippen LogP contribution in [-0.4, -0.2) is 70.8 Å². The predicted molar refractivity (Wildman–Crippen MR) is 140 cm³/mol. The number of nitrogens with zero attached hydrogens (tertiary/aromatic N) is 3. The van der Waals surface area contributed by atoms with E-state index in [1.807, 2.05) is 25.7 Å². The summed E-state index contributed by atoms with van der Waals surface area (Å²) in [7, 11) is 0. The number of amides is 1. The van der Waals surface area contributed by atoms with Crippen LogP contribution in [0.4, 0.5) is 9.18 Å². The summed E-state index contributed by atoms with van der Waals surface area (Å²) in [6.07, 6.45) is 3.84. The Bertz CT molecular complexity index is 1120. The molecule has 2 fully saturated rings. The summed E-state index contributed by atoms with van der Waals surface area (Å²) < 4.78 is 25.9. The molecule has 1 aromatic heterocycles. The van der Waals surface area contributed by atoms with Gasteiger partial charge in [0.1, 0.15) is 28.4 Å². The molecule has 2 aliphatic rings. The zero-order valence-electron chi connectivity index (χ0n) is 21.4. The lowest BCUT2D eigenvalue weighted by Gasteiger charge is -2.38. The largest absolute Gasteiger partial charge is 0.493 e. The number of rotatable bonds is 6. The first-order chi connectivity index (χ1) is 17.1. The van der Waals surface area contributed by atoms with Gasteiger partial charge in [-0.05, 0) is 71.4 Å². The normalized spacial score (nSPS) is 18.5. The first kappa shape index (κ1) is 26.7. The molecule has 1 N–H and O–H groups in total. The van der Waals surface area contributed by atoms with Crippen LogP contribution in [0.5, 0.6) is 5.75 Å². The number of nitrogens with one attached hydrogen (secondary N) is 1. The van der Waals surface area contributed by atoms with Gasteiger partial charge in [0.2, 0.25) is 0 Å². The molecule has 0 saturated carbocycles. The number of hydrogen-bond acceptors (Lipinski definition) is 7. The molecule has 0 unspecified atom stereocenters. The fourth-order valence-electron chi connectivity index (χ4n) is 4.95. The Kier molecular flexibility index (Phi) is 8.44. The number of H-pyrrole nitrogens is 1. The standard InChI is InChI=1S/C26H37FN4O4S/c1-26(2,3)35-25(33)31-10-6-17(7-11-31)14-30-8-4-18(5-9-30)15-34-19-12-20(27)23-21(13-19)28-22(16-36)29-24(23)32/h12-13,17-18,36H,4-11,14-16H2,1-3H3,(H,28,29,32). The van der Waals surface area contributed by atoms with Crippen molar-refractivity contribution in [2.24, 2.45) is 11.8 Å². The van der Waals surface area contributed by atoms with Gasteiger partial charge in [0.05, 0.1) is 12.1 Å². The second-order valence-electron chi connectivity index (χ2n) is 10.9. The minimum atomic E-state index is -0.630. The molecule has 2 aliphatic heterocycles. The smallest absolute Gasteiger partial charge is 0.410 e. The number of fused-ring (bicyclic) bond motifs is 1. The molecule has 0 atom stereocenters. The summed E-state index contributed by atoms with van der Waals surface area (Å²) in [5.41, 5.74) is -0.683. The van der Waals surface area contributed by atoms with Crippen LogP contribution in [0.3, 0.4) is 0 Å². The molecule has 2 aromatic rings. The van der Waals surface area contributed by atoms with E-state index in [0.717, 1.165) is 58.4 Å². The van der Waals surface area contributed by atoms with Gasteiger partial charge in [-0.3, -0.25) is 4.79 Å². The third-order valence-corrected chi connectivity index (χ3v) is 7.21. The number of benzene rings is 1. The van der Waals surface area contributed by atoms with Crippen molar-refractivity contribution in [3.8, 4) is 5.75 Å². The highest BCUT2D eigenvalue weighted by molar-refractivity contribution is 7.79. The van der Waals surface area contributed by atoms with E-state index in [9.17, 15) is 14.0 Å². The van der Waals surface area contributed by atoms with E-state index in [-0.39, 0.29) is 22.7 Å². The number of ether oxygens (including phenoxy) is 2. The molecular weight excluding hydrogens is 483 g/mol. The van der Waals surface area contributed by atoms with Crippen LogP contribution >= 0.6 is 12.6 Å². The van der Waals surface area contributed by atoms with Gasteiger partial charge >= 0.3 is 6.09 Å². The molecule has 2 saturated heterocycles. The monoisotopic (exact) mass is 520 g/mol. The van der Waals surface area contributed by atoms with Gasteiger partial charge in [-0.15, -0.1) is 0 Å². The number of hydrogen-bond donors (Lipinski definition) is 2. The number of halogens is 1. The van der Waals surface area contributed by atoms with Crippen molar-refractivity contribution in [3.63, 3.8) is 0 Å². The molecule has 36 heavy (non-hydrogen) atoms. The minimum Gasteiger partial charge on any atom is -0.493 e. The molecule has 0 spiro atoms. The van der Waals surface area contributed by atoms with E-state index < -0.39 is 17.0 Å². The van der Waals surface area contributed by atoms with Crippen molar-refractivity contribution in [3.05, 3.63) is 34.1 Å². The lowest BCUT2D eigenvalue weighted by Crippen LogP contribution is -2.45. The summed E-state index contributed by atoms with van der Waals surface area (Å²) in [5.74, 6) is 1.41. The Morgan fingerprint density at radius 3 is 2.44 bits per heavy atom. The summed E-state index contributed by atoms with van der Waals surface area (Å²) in [6, 6.07) is 2.89. The molecule has 0 bridgehead atoms. The van der Waals surface area contributed by atoms with Gasteiger partial charge in [-0.2, -0.15) is 12.6 Å². The minimum absolute atomic E-state index is 0.0573. The second kappa shape index (κ2) is 11.4. The molecule has 10 heteroatoms. The van der Waals surface area contributed by atoms with Gasteiger partial charge in [0.25, 0.3) is 5.56 Å². The van der Waals surface area contributed by atoms with Gasteiger partial charge in [0.15, 0.2) is 0 Å². The van der Waals surface area contributed by atoms with E-state index in [1.54, 1.807) is 6.07 Å². The van der Waals surface area contributed by atoms with Crippen LogP contribution in [0.25, 0.3) is 10.9 Å². The van der Waals surface area contributed by atoms with Crippen molar-refractivity contribution in [1.82, 2.24) is 19.8 Å². The van der Waals surface area contributed by atoms with Crippen molar-refractivity contribution in [1.29, 1.82) is 0 Å². The number of aromatic amines is 1. The van der Waals surface area contributed by atoms with Crippen molar-refractivity contribution in [2.45, 2.75) is 57.8 Å². The molecule has 8 nitrogen and oxygen atoms in total. The lowest BCUT2D eigenvalue weighted by molar-refractivity contribution is 0.0162. The SMILES string of the molecule is CC(C)(C)OC(=O)N1CCC(CN2CCC(COc3cc(F)c4c(=O)[nH]c(CS)nc4c3)CC2)CC1. The van der Waals surface area contributed by atoms with Gasteiger partial charge < -0.3 is 24.3 Å². The van der Waals surface area contributed by atoms with Crippen molar-refractivity contribution >= 4 is 29.6 Å². The molecule has 0 aliphatic carbocycles. The first-order valence-corrected chi connectivity index (χ1v) is 13.4. The maximum atomic E-state index is 14.5. The second-order valence-corrected chi connectivity index (χ2v) is 11.3. The van der Waals surface area contributed by atoms with E-state index >= 15 is 0 Å². The van der Waals surface area contributed by atoms with Gasteiger partial charge in [-0.25, -0.2) is 14.2 Å². The van der Waals surface area contributed by atoms with E-state index in [2.05, 4.69) is 27.5 Å². The maximum Gasteiger partial charge on any atom is 0.410 e. The van der Waals surface area contributed by atoms with Crippen LogP contribution < -0.4 is 10.3 Å². The quantitative estimate of drug-likeness (QED) is 0.555. The summed E-state index contributed by atoms with van der Waals surface area (Å²) in [4.78, 5) is 35.6. The van der Waals surface area contributed by atoms with Crippen LogP contribution in [0, 0.1) is 17.7 Å². The average Bonchev–Trinajstić information content (AvgIpc) is 2.82. The predicted octanol–water partition coefficient (Wildman–Crippen LogP) is 4.23. The Balaban J connectivity index is 1.21. The van der Waals surface area contributed by atoms with Crippen LogP contribution in [-0.2, 0) is 10.5 Å². The van der Waals surface area contributed by atoms with Crippen molar-refractivity contribution in [2.75, 3.05) is 39.3 Å². The third kappa shape index (κ3) is 6.91. The number of likely N-dealkylation sites (tertiary alicyclic amines) is 2.